The maximum absolute atomic E-state index is 12.0. The van der Waals surface area contributed by atoms with Crippen LogP contribution in [0.2, 0.25) is 5.02 Å². The van der Waals surface area contributed by atoms with Crippen molar-refractivity contribution in [2.24, 2.45) is 0 Å². The standard InChI is InChI=1S/C16H24ClNO2/c1-11-6-7-12(10-13(11)17)8-9-14(19)18-15(2,3)16(4,5)20/h6-7,10,20H,8-9H2,1-5H3,(H,18,19). The topological polar surface area (TPSA) is 49.3 Å². The number of amides is 1. The monoisotopic (exact) mass is 297 g/mol. The molecule has 0 heterocycles. The molecule has 0 fully saturated rings. The quantitative estimate of drug-likeness (QED) is 0.876. The molecule has 1 rings (SSSR count). The van der Waals surface area contributed by atoms with Gasteiger partial charge < -0.3 is 10.4 Å². The van der Waals surface area contributed by atoms with Crippen molar-refractivity contribution in [3.8, 4) is 0 Å². The van der Waals surface area contributed by atoms with Crippen LogP contribution in [0.1, 0.15) is 45.2 Å². The summed E-state index contributed by atoms with van der Waals surface area (Å²) in [5.74, 6) is -0.0752. The van der Waals surface area contributed by atoms with Gasteiger partial charge in [-0.25, -0.2) is 0 Å². The molecular formula is C16H24ClNO2. The molecule has 0 bridgehead atoms. The number of aliphatic hydroxyl groups is 1. The molecule has 1 aromatic rings. The van der Waals surface area contributed by atoms with E-state index < -0.39 is 11.1 Å². The molecule has 20 heavy (non-hydrogen) atoms. The van der Waals surface area contributed by atoms with Gasteiger partial charge in [-0.15, -0.1) is 0 Å². The van der Waals surface area contributed by atoms with Gasteiger partial charge in [0.2, 0.25) is 5.91 Å². The van der Waals surface area contributed by atoms with E-state index in [1.165, 1.54) is 0 Å². The van der Waals surface area contributed by atoms with Crippen molar-refractivity contribution in [1.29, 1.82) is 0 Å². The zero-order valence-electron chi connectivity index (χ0n) is 12.9. The van der Waals surface area contributed by atoms with E-state index in [-0.39, 0.29) is 5.91 Å². The normalized spacial score (nSPS) is 12.3. The van der Waals surface area contributed by atoms with Gasteiger partial charge in [-0.2, -0.15) is 0 Å². The third-order valence-electron chi connectivity index (χ3n) is 3.86. The molecule has 0 radical (unpaired) electrons. The lowest BCUT2D eigenvalue weighted by atomic mass is 9.86. The van der Waals surface area contributed by atoms with Crippen molar-refractivity contribution in [2.75, 3.05) is 0 Å². The lowest BCUT2D eigenvalue weighted by Gasteiger charge is -2.38. The average molecular weight is 298 g/mol. The van der Waals surface area contributed by atoms with Crippen molar-refractivity contribution in [3.63, 3.8) is 0 Å². The second-order valence-electron chi connectivity index (χ2n) is 6.32. The van der Waals surface area contributed by atoms with E-state index in [1.54, 1.807) is 13.8 Å². The SMILES string of the molecule is Cc1ccc(CCC(=O)NC(C)(C)C(C)(C)O)cc1Cl. The number of hydrogen-bond donors (Lipinski definition) is 2. The zero-order chi connectivity index (χ0) is 15.6. The summed E-state index contributed by atoms with van der Waals surface area (Å²) in [6.45, 7) is 8.95. The summed E-state index contributed by atoms with van der Waals surface area (Å²) in [5, 5.41) is 13.6. The van der Waals surface area contributed by atoms with E-state index in [4.69, 9.17) is 11.6 Å². The first-order chi connectivity index (χ1) is 9.03. The van der Waals surface area contributed by atoms with Crippen LogP contribution >= 0.6 is 11.6 Å². The van der Waals surface area contributed by atoms with Crippen LogP contribution in [-0.4, -0.2) is 22.2 Å². The van der Waals surface area contributed by atoms with Gasteiger partial charge in [0.25, 0.3) is 0 Å². The minimum atomic E-state index is -0.976. The maximum atomic E-state index is 12.0. The number of carbonyl (C=O) groups is 1. The number of aryl methyl sites for hydroxylation is 2. The highest BCUT2D eigenvalue weighted by Gasteiger charge is 2.36. The van der Waals surface area contributed by atoms with Crippen LogP contribution in [0.3, 0.4) is 0 Å². The Morgan fingerprint density at radius 1 is 1.30 bits per heavy atom. The molecule has 0 aliphatic carbocycles. The second-order valence-corrected chi connectivity index (χ2v) is 6.72. The first-order valence-electron chi connectivity index (χ1n) is 6.81. The Morgan fingerprint density at radius 2 is 1.90 bits per heavy atom. The van der Waals surface area contributed by atoms with Crippen molar-refractivity contribution in [1.82, 2.24) is 5.32 Å². The molecule has 1 amide bonds. The maximum Gasteiger partial charge on any atom is 0.220 e. The van der Waals surface area contributed by atoms with Gasteiger partial charge in [0.15, 0.2) is 0 Å². The van der Waals surface area contributed by atoms with E-state index in [0.29, 0.717) is 12.8 Å². The highest BCUT2D eigenvalue weighted by Crippen LogP contribution is 2.21. The highest BCUT2D eigenvalue weighted by atomic mass is 35.5. The van der Waals surface area contributed by atoms with E-state index in [1.807, 2.05) is 39.0 Å². The summed E-state index contributed by atoms with van der Waals surface area (Å²) in [6, 6.07) is 5.83. The smallest absolute Gasteiger partial charge is 0.220 e. The van der Waals surface area contributed by atoms with Gasteiger partial charge >= 0.3 is 0 Å². The molecule has 0 saturated carbocycles. The lowest BCUT2D eigenvalue weighted by Crippen LogP contribution is -2.57. The summed E-state index contributed by atoms with van der Waals surface area (Å²) in [6.07, 6.45) is 1.01. The molecule has 2 N–H and O–H groups in total. The number of nitrogens with one attached hydrogen (secondary N) is 1. The lowest BCUT2D eigenvalue weighted by molar-refractivity contribution is -0.126. The fourth-order valence-electron chi connectivity index (χ4n) is 1.61. The van der Waals surface area contributed by atoms with Crippen molar-refractivity contribution in [3.05, 3.63) is 34.3 Å². The summed E-state index contributed by atoms with van der Waals surface area (Å²) in [7, 11) is 0. The Bertz CT molecular complexity index is 490. The van der Waals surface area contributed by atoms with Crippen LogP contribution in [-0.2, 0) is 11.2 Å². The van der Waals surface area contributed by atoms with Crippen molar-refractivity contribution < 1.29 is 9.90 Å². The van der Waals surface area contributed by atoms with E-state index >= 15 is 0 Å². The average Bonchev–Trinajstić information content (AvgIpc) is 2.28. The summed E-state index contributed by atoms with van der Waals surface area (Å²) in [4.78, 5) is 12.0. The summed E-state index contributed by atoms with van der Waals surface area (Å²) in [5.41, 5.74) is 0.421. The first kappa shape index (κ1) is 17.0. The number of halogens is 1. The van der Waals surface area contributed by atoms with Crippen LogP contribution in [0, 0.1) is 6.92 Å². The first-order valence-corrected chi connectivity index (χ1v) is 7.19. The number of carbonyl (C=O) groups excluding carboxylic acids is 1. The molecule has 0 aliphatic rings. The number of benzene rings is 1. The van der Waals surface area contributed by atoms with Crippen LogP contribution in [0.5, 0.6) is 0 Å². The number of hydrogen-bond acceptors (Lipinski definition) is 2. The molecule has 0 spiro atoms. The third-order valence-corrected chi connectivity index (χ3v) is 4.27. The minimum Gasteiger partial charge on any atom is -0.388 e. The largest absolute Gasteiger partial charge is 0.388 e. The zero-order valence-corrected chi connectivity index (χ0v) is 13.6. The Labute approximate surface area is 126 Å². The minimum absolute atomic E-state index is 0.0752. The van der Waals surface area contributed by atoms with Crippen molar-refractivity contribution in [2.45, 2.75) is 58.6 Å². The van der Waals surface area contributed by atoms with Crippen LogP contribution < -0.4 is 5.32 Å². The predicted octanol–water partition coefficient (Wildman–Crippen LogP) is 3.25. The van der Waals surface area contributed by atoms with Gasteiger partial charge in [-0.1, -0.05) is 23.7 Å². The summed E-state index contributed by atoms with van der Waals surface area (Å²) < 4.78 is 0. The molecular weight excluding hydrogens is 274 g/mol. The molecule has 0 saturated heterocycles. The van der Waals surface area contributed by atoms with Crippen LogP contribution in [0.4, 0.5) is 0 Å². The molecule has 3 nitrogen and oxygen atoms in total. The highest BCUT2D eigenvalue weighted by molar-refractivity contribution is 6.31. The number of rotatable bonds is 5. The molecule has 1 aromatic carbocycles. The Balaban J connectivity index is 2.58. The Hall–Kier alpha value is -1.06. The van der Waals surface area contributed by atoms with E-state index in [0.717, 1.165) is 16.1 Å². The van der Waals surface area contributed by atoms with Crippen molar-refractivity contribution >= 4 is 17.5 Å². The fraction of sp³-hybridized carbons (Fsp3) is 0.562. The third kappa shape index (κ3) is 4.50. The second kappa shape index (κ2) is 6.15. The summed E-state index contributed by atoms with van der Waals surface area (Å²) >= 11 is 6.06. The molecule has 0 aliphatic heterocycles. The van der Waals surface area contributed by atoms with Crippen LogP contribution in [0.25, 0.3) is 0 Å². The molecule has 112 valence electrons. The molecule has 0 unspecified atom stereocenters. The van der Waals surface area contributed by atoms with E-state index in [9.17, 15) is 9.90 Å². The van der Waals surface area contributed by atoms with Gasteiger partial charge in [-0.3, -0.25) is 4.79 Å². The Morgan fingerprint density at radius 3 is 2.40 bits per heavy atom. The van der Waals surface area contributed by atoms with Gasteiger partial charge in [0.1, 0.15) is 0 Å². The van der Waals surface area contributed by atoms with E-state index in [2.05, 4.69) is 5.32 Å². The Kier molecular flexibility index (Phi) is 5.22. The molecule has 0 atom stereocenters. The van der Waals surface area contributed by atoms with Gasteiger partial charge in [0, 0.05) is 11.4 Å². The van der Waals surface area contributed by atoms with Gasteiger partial charge in [0.05, 0.1) is 11.1 Å². The fourth-order valence-corrected chi connectivity index (χ4v) is 1.82. The van der Waals surface area contributed by atoms with Crippen LogP contribution in [0.15, 0.2) is 18.2 Å². The van der Waals surface area contributed by atoms with Gasteiger partial charge in [-0.05, 0) is 58.2 Å². The molecule has 0 aromatic heterocycles. The molecule has 4 heteroatoms. The predicted molar refractivity (Wildman–Crippen MR) is 83.0 cm³/mol.